The number of amides is 1. The number of ether oxygens (including phenoxy) is 1. The number of nitrogens with one attached hydrogen (secondary N) is 1. The van der Waals surface area contributed by atoms with Gasteiger partial charge in [0.15, 0.2) is 6.61 Å². The molecule has 1 aromatic carbocycles. The van der Waals surface area contributed by atoms with Crippen molar-refractivity contribution in [3.63, 3.8) is 0 Å². The first-order valence-corrected chi connectivity index (χ1v) is 6.20. The number of aromatic nitrogens is 3. The van der Waals surface area contributed by atoms with E-state index in [1.165, 1.54) is 25.3 Å². The third-order valence-corrected chi connectivity index (χ3v) is 2.64. The molecule has 1 amide bonds. The Morgan fingerprint density at radius 3 is 2.74 bits per heavy atom. The minimum atomic E-state index is -4.51. The van der Waals surface area contributed by atoms with Crippen molar-refractivity contribution < 1.29 is 32.3 Å². The maximum atomic E-state index is 12.0. The number of carbonyl (C=O) groups excluding carboxylic acids is 2. The van der Waals surface area contributed by atoms with Gasteiger partial charge in [-0.15, -0.1) is 5.10 Å². The highest BCUT2D eigenvalue weighted by atomic mass is 19.4. The molecule has 124 valence electrons. The van der Waals surface area contributed by atoms with Crippen LogP contribution >= 0.6 is 0 Å². The van der Waals surface area contributed by atoms with Crippen LogP contribution in [0.5, 0.6) is 0 Å². The van der Waals surface area contributed by atoms with Crippen molar-refractivity contribution in [2.24, 2.45) is 0 Å². The fraction of sp³-hybridized carbons (Fsp3) is 0.333. The summed E-state index contributed by atoms with van der Waals surface area (Å²) in [6.45, 7) is -2.16. The normalized spacial score (nSPS) is 11.3. The molecule has 0 saturated carbocycles. The van der Waals surface area contributed by atoms with Gasteiger partial charge in [-0.05, 0) is 23.4 Å². The molecule has 2 aromatic rings. The zero-order valence-electron chi connectivity index (χ0n) is 11.8. The predicted molar refractivity (Wildman–Crippen MR) is 69.4 cm³/mol. The van der Waals surface area contributed by atoms with E-state index in [4.69, 9.17) is 4.84 Å². The number of methoxy groups -OCH3 is 1. The molecule has 0 atom stereocenters. The molecule has 0 fully saturated rings. The molecule has 1 heterocycles. The van der Waals surface area contributed by atoms with Gasteiger partial charge >= 0.3 is 12.1 Å². The van der Waals surface area contributed by atoms with Crippen LogP contribution in [-0.2, 0) is 9.53 Å². The standard InChI is InChI=1S/C12H11F3N4O4/c1-22-11(21)7-2-3-8-9(4-7)19(18-17-8)23-5-10(20)16-6-12(13,14)15/h2-4H,5-6H2,1H3,(H,16,20). The van der Waals surface area contributed by atoms with Crippen LogP contribution in [-0.4, -0.2) is 53.5 Å². The molecule has 0 aliphatic rings. The smallest absolute Gasteiger partial charge is 0.405 e. The second kappa shape index (κ2) is 6.50. The van der Waals surface area contributed by atoms with Gasteiger partial charge in [0, 0.05) is 0 Å². The Bertz CT molecular complexity index is 729. The van der Waals surface area contributed by atoms with E-state index in [1.54, 1.807) is 5.32 Å². The van der Waals surface area contributed by atoms with Crippen molar-refractivity contribution in [2.75, 3.05) is 20.3 Å². The van der Waals surface area contributed by atoms with E-state index in [9.17, 15) is 22.8 Å². The number of hydrogen-bond donors (Lipinski definition) is 1. The maximum absolute atomic E-state index is 12.0. The van der Waals surface area contributed by atoms with Gasteiger partial charge in [-0.1, -0.05) is 4.85 Å². The third kappa shape index (κ3) is 4.31. The molecule has 0 spiro atoms. The number of alkyl halides is 3. The third-order valence-electron chi connectivity index (χ3n) is 2.64. The Kier molecular flexibility index (Phi) is 4.67. The molecule has 0 aliphatic heterocycles. The zero-order chi connectivity index (χ0) is 17.0. The average molecular weight is 332 g/mol. The lowest BCUT2D eigenvalue weighted by atomic mass is 10.2. The van der Waals surface area contributed by atoms with Gasteiger partial charge in [-0.3, -0.25) is 4.79 Å². The van der Waals surface area contributed by atoms with Crippen molar-refractivity contribution in [1.29, 1.82) is 0 Å². The minimum Gasteiger partial charge on any atom is -0.465 e. The molecule has 0 saturated heterocycles. The summed E-state index contributed by atoms with van der Waals surface area (Å²) >= 11 is 0. The van der Waals surface area contributed by atoms with Crippen molar-refractivity contribution in [3.05, 3.63) is 23.8 Å². The Balaban J connectivity index is 2.05. The second-order valence-corrected chi connectivity index (χ2v) is 4.32. The predicted octanol–water partition coefficient (Wildman–Crippen LogP) is 0.325. The quantitative estimate of drug-likeness (QED) is 0.793. The van der Waals surface area contributed by atoms with E-state index < -0.39 is 31.2 Å². The van der Waals surface area contributed by atoms with E-state index in [1.807, 2.05) is 0 Å². The number of nitrogens with zero attached hydrogens (tertiary/aromatic N) is 3. The monoisotopic (exact) mass is 332 g/mol. The molecular formula is C12H11F3N4O4. The van der Waals surface area contributed by atoms with E-state index in [2.05, 4.69) is 15.0 Å². The molecule has 0 unspecified atom stereocenters. The van der Waals surface area contributed by atoms with Crippen molar-refractivity contribution in [3.8, 4) is 0 Å². The van der Waals surface area contributed by atoms with Gasteiger partial charge in [-0.25, -0.2) is 4.79 Å². The first-order valence-electron chi connectivity index (χ1n) is 6.20. The summed E-state index contributed by atoms with van der Waals surface area (Å²) in [7, 11) is 1.21. The van der Waals surface area contributed by atoms with Crippen LogP contribution in [0.4, 0.5) is 13.2 Å². The van der Waals surface area contributed by atoms with E-state index in [0.717, 1.165) is 4.85 Å². The molecule has 0 aliphatic carbocycles. The Morgan fingerprint density at radius 1 is 1.35 bits per heavy atom. The van der Waals surface area contributed by atoms with Crippen LogP contribution in [0.15, 0.2) is 18.2 Å². The van der Waals surface area contributed by atoms with Gasteiger partial charge in [0.25, 0.3) is 5.91 Å². The molecule has 2 rings (SSSR count). The van der Waals surface area contributed by atoms with Crippen LogP contribution in [0, 0.1) is 0 Å². The highest BCUT2D eigenvalue weighted by Crippen LogP contribution is 2.14. The van der Waals surface area contributed by atoms with Crippen LogP contribution in [0.2, 0.25) is 0 Å². The minimum absolute atomic E-state index is 0.202. The molecule has 1 aromatic heterocycles. The summed E-state index contributed by atoms with van der Waals surface area (Å²) in [5, 5.41) is 8.97. The number of carbonyl (C=O) groups is 2. The van der Waals surface area contributed by atoms with Crippen molar-refractivity contribution in [1.82, 2.24) is 20.5 Å². The van der Waals surface area contributed by atoms with Crippen LogP contribution < -0.4 is 10.2 Å². The summed E-state index contributed by atoms with van der Waals surface area (Å²) in [4.78, 5) is 28.5. The summed E-state index contributed by atoms with van der Waals surface area (Å²) in [6.07, 6.45) is -4.51. The van der Waals surface area contributed by atoms with E-state index in [-0.39, 0.29) is 11.1 Å². The first kappa shape index (κ1) is 16.5. The summed E-state index contributed by atoms with van der Waals surface area (Å²) in [5.74, 6) is -1.57. The SMILES string of the molecule is COC(=O)c1ccc2nnn(OCC(=O)NCC(F)(F)F)c2c1. The number of rotatable bonds is 5. The number of fused-ring (bicyclic) bond motifs is 1. The lowest BCUT2D eigenvalue weighted by molar-refractivity contribution is -0.141. The number of hydrogen-bond acceptors (Lipinski definition) is 6. The van der Waals surface area contributed by atoms with Crippen LogP contribution in [0.1, 0.15) is 10.4 Å². The maximum Gasteiger partial charge on any atom is 0.405 e. The second-order valence-electron chi connectivity index (χ2n) is 4.32. The first-order chi connectivity index (χ1) is 10.8. The Hall–Kier alpha value is -2.85. The van der Waals surface area contributed by atoms with Gasteiger partial charge in [0.1, 0.15) is 17.6 Å². The molecule has 11 heteroatoms. The molecule has 0 radical (unpaired) electrons. The van der Waals surface area contributed by atoms with Gasteiger partial charge in [0.05, 0.1) is 12.7 Å². The van der Waals surface area contributed by atoms with E-state index in [0.29, 0.717) is 5.52 Å². The average Bonchev–Trinajstić information content (AvgIpc) is 2.91. The Labute approximate surface area is 127 Å². The number of esters is 1. The molecule has 23 heavy (non-hydrogen) atoms. The zero-order valence-corrected chi connectivity index (χ0v) is 11.8. The van der Waals surface area contributed by atoms with Crippen molar-refractivity contribution in [2.45, 2.75) is 6.18 Å². The van der Waals surface area contributed by atoms with Gasteiger partial charge in [-0.2, -0.15) is 13.2 Å². The van der Waals surface area contributed by atoms with E-state index >= 15 is 0 Å². The summed E-state index contributed by atoms with van der Waals surface area (Å²) in [6, 6.07) is 4.32. The van der Waals surface area contributed by atoms with Crippen LogP contribution in [0.25, 0.3) is 11.0 Å². The number of halogens is 3. The van der Waals surface area contributed by atoms with Gasteiger partial charge < -0.3 is 14.9 Å². The Morgan fingerprint density at radius 2 is 2.09 bits per heavy atom. The lowest BCUT2D eigenvalue weighted by Gasteiger charge is -2.09. The largest absolute Gasteiger partial charge is 0.465 e. The summed E-state index contributed by atoms with van der Waals surface area (Å²) in [5.41, 5.74) is 0.832. The van der Waals surface area contributed by atoms with Crippen LogP contribution in [0.3, 0.4) is 0 Å². The molecule has 1 N–H and O–H groups in total. The molecule has 0 bridgehead atoms. The topological polar surface area (TPSA) is 95.3 Å². The molecule has 8 nitrogen and oxygen atoms in total. The number of benzene rings is 1. The van der Waals surface area contributed by atoms with Crippen molar-refractivity contribution >= 4 is 22.9 Å². The highest BCUT2D eigenvalue weighted by molar-refractivity contribution is 5.93. The molecular weight excluding hydrogens is 321 g/mol. The summed E-state index contributed by atoms with van der Waals surface area (Å²) < 4.78 is 40.5. The highest BCUT2D eigenvalue weighted by Gasteiger charge is 2.27. The fourth-order valence-corrected chi connectivity index (χ4v) is 1.61. The fourth-order valence-electron chi connectivity index (χ4n) is 1.61. The lowest BCUT2D eigenvalue weighted by Crippen LogP contribution is -2.38. The van der Waals surface area contributed by atoms with Gasteiger partial charge in [0.2, 0.25) is 0 Å².